The molecule has 0 amide bonds. The maximum absolute atomic E-state index is 6.66. The average molecular weight is 267 g/mol. The largest absolute Gasteiger partial charge is 0.371 e. The Hall–Kier alpha value is -0.0800. The minimum atomic E-state index is 0.246. The lowest BCUT2D eigenvalue weighted by Crippen LogP contribution is -2.47. The fraction of sp³-hybridized carbons (Fsp3) is 1.00. The monoisotopic (exact) mass is 267 g/mol. The number of hydrogen-bond donors (Lipinski definition) is 1. The lowest BCUT2D eigenvalue weighted by atomic mass is 9.76. The molecule has 2 aliphatic rings. The molecule has 19 heavy (non-hydrogen) atoms. The predicted octanol–water partition coefficient (Wildman–Crippen LogP) is 4.28. The van der Waals surface area contributed by atoms with Crippen molar-refractivity contribution in [3.05, 3.63) is 0 Å². The molecule has 0 saturated heterocycles. The van der Waals surface area contributed by atoms with Gasteiger partial charge >= 0.3 is 0 Å². The second-order valence-electron chi connectivity index (χ2n) is 6.65. The molecule has 0 aromatic rings. The molecule has 112 valence electrons. The van der Waals surface area contributed by atoms with Crippen molar-refractivity contribution in [2.75, 3.05) is 13.1 Å². The SMILES string of the molecule is CCCNCCC1(OC2CCCCC2CC)CCC1. The van der Waals surface area contributed by atoms with Crippen molar-refractivity contribution >= 4 is 0 Å². The summed E-state index contributed by atoms with van der Waals surface area (Å²) in [6.07, 6.45) is 13.8. The minimum Gasteiger partial charge on any atom is -0.371 e. The molecule has 2 aliphatic carbocycles. The van der Waals surface area contributed by atoms with Crippen LogP contribution in [0.1, 0.15) is 78.1 Å². The van der Waals surface area contributed by atoms with Crippen LogP contribution in [0.15, 0.2) is 0 Å². The van der Waals surface area contributed by atoms with Crippen LogP contribution < -0.4 is 5.32 Å². The molecule has 0 radical (unpaired) electrons. The molecule has 2 rings (SSSR count). The zero-order valence-electron chi connectivity index (χ0n) is 13.0. The van der Waals surface area contributed by atoms with Crippen LogP contribution in [0, 0.1) is 5.92 Å². The summed E-state index contributed by atoms with van der Waals surface area (Å²) in [5, 5.41) is 3.54. The van der Waals surface area contributed by atoms with Gasteiger partial charge in [-0.1, -0.05) is 33.1 Å². The highest BCUT2D eigenvalue weighted by atomic mass is 16.5. The van der Waals surface area contributed by atoms with Crippen LogP contribution >= 0.6 is 0 Å². The van der Waals surface area contributed by atoms with Gasteiger partial charge in [-0.05, 0) is 64.0 Å². The fourth-order valence-corrected chi connectivity index (χ4v) is 3.73. The molecule has 0 heterocycles. The second kappa shape index (κ2) is 7.64. The van der Waals surface area contributed by atoms with Gasteiger partial charge in [0.2, 0.25) is 0 Å². The van der Waals surface area contributed by atoms with Crippen molar-refractivity contribution in [3.8, 4) is 0 Å². The van der Waals surface area contributed by atoms with Gasteiger partial charge in [0.15, 0.2) is 0 Å². The molecule has 2 nitrogen and oxygen atoms in total. The number of nitrogens with one attached hydrogen (secondary N) is 1. The summed E-state index contributed by atoms with van der Waals surface area (Å²) < 4.78 is 6.66. The third-order valence-electron chi connectivity index (χ3n) is 5.21. The van der Waals surface area contributed by atoms with Gasteiger partial charge in [0.25, 0.3) is 0 Å². The van der Waals surface area contributed by atoms with E-state index in [1.54, 1.807) is 0 Å². The van der Waals surface area contributed by atoms with E-state index in [0.29, 0.717) is 6.10 Å². The molecule has 0 aliphatic heterocycles. The van der Waals surface area contributed by atoms with Crippen LogP contribution in [0.25, 0.3) is 0 Å². The first-order chi connectivity index (χ1) is 9.29. The minimum absolute atomic E-state index is 0.246. The topological polar surface area (TPSA) is 21.3 Å². The van der Waals surface area contributed by atoms with Crippen molar-refractivity contribution < 1.29 is 4.74 Å². The molecule has 2 heteroatoms. The van der Waals surface area contributed by atoms with Crippen LogP contribution in [-0.2, 0) is 4.74 Å². The zero-order valence-corrected chi connectivity index (χ0v) is 13.0. The number of hydrogen-bond acceptors (Lipinski definition) is 2. The number of rotatable bonds is 8. The van der Waals surface area contributed by atoms with Gasteiger partial charge in [0.05, 0.1) is 11.7 Å². The predicted molar refractivity (Wildman–Crippen MR) is 81.5 cm³/mol. The Bertz CT molecular complexity index is 250. The normalized spacial score (nSPS) is 30.0. The first-order valence-electron chi connectivity index (χ1n) is 8.68. The second-order valence-corrected chi connectivity index (χ2v) is 6.65. The highest BCUT2D eigenvalue weighted by molar-refractivity contribution is 4.92. The molecule has 0 bridgehead atoms. The molecule has 2 atom stereocenters. The lowest BCUT2D eigenvalue weighted by Gasteiger charge is -2.47. The van der Waals surface area contributed by atoms with Crippen LogP contribution in [0.4, 0.5) is 0 Å². The Kier molecular flexibility index (Phi) is 6.15. The van der Waals surface area contributed by atoms with Gasteiger partial charge in [-0.2, -0.15) is 0 Å². The van der Waals surface area contributed by atoms with E-state index in [-0.39, 0.29) is 5.60 Å². The van der Waals surface area contributed by atoms with Gasteiger partial charge in [0, 0.05) is 0 Å². The highest BCUT2D eigenvalue weighted by Gasteiger charge is 2.41. The van der Waals surface area contributed by atoms with Crippen LogP contribution in [-0.4, -0.2) is 24.8 Å². The van der Waals surface area contributed by atoms with E-state index in [9.17, 15) is 0 Å². The summed E-state index contributed by atoms with van der Waals surface area (Å²) in [4.78, 5) is 0. The average Bonchev–Trinajstić information content (AvgIpc) is 2.41. The van der Waals surface area contributed by atoms with Crippen molar-refractivity contribution in [2.24, 2.45) is 5.92 Å². The highest BCUT2D eigenvalue weighted by Crippen LogP contribution is 2.42. The van der Waals surface area contributed by atoms with Gasteiger partial charge in [-0.15, -0.1) is 0 Å². The Morgan fingerprint density at radius 3 is 2.47 bits per heavy atom. The summed E-state index contributed by atoms with van der Waals surface area (Å²) in [7, 11) is 0. The van der Waals surface area contributed by atoms with Gasteiger partial charge in [-0.3, -0.25) is 0 Å². The van der Waals surface area contributed by atoms with Gasteiger partial charge < -0.3 is 10.1 Å². The molecular formula is C17H33NO. The van der Waals surface area contributed by atoms with E-state index >= 15 is 0 Å². The van der Waals surface area contributed by atoms with E-state index in [4.69, 9.17) is 4.74 Å². The van der Waals surface area contributed by atoms with Crippen molar-refractivity contribution in [3.63, 3.8) is 0 Å². The Morgan fingerprint density at radius 2 is 1.84 bits per heavy atom. The fourth-order valence-electron chi connectivity index (χ4n) is 3.73. The summed E-state index contributed by atoms with van der Waals surface area (Å²) in [6.45, 7) is 6.85. The van der Waals surface area contributed by atoms with Gasteiger partial charge in [0.1, 0.15) is 0 Å². The Morgan fingerprint density at radius 1 is 1.05 bits per heavy atom. The quantitative estimate of drug-likeness (QED) is 0.663. The lowest BCUT2D eigenvalue weighted by molar-refractivity contribution is -0.167. The molecular weight excluding hydrogens is 234 g/mol. The third-order valence-corrected chi connectivity index (χ3v) is 5.21. The van der Waals surface area contributed by atoms with Crippen LogP contribution in [0.5, 0.6) is 0 Å². The number of ether oxygens (including phenoxy) is 1. The van der Waals surface area contributed by atoms with E-state index in [2.05, 4.69) is 19.2 Å². The van der Waals surface area contributed by atoms with Crippen LogP contribution in [0.2, 0.25) is 0 Å². The van der Waals surface area contributed by atoms with Crippen molar-refractivity contribution in [2.45, 2.75) is 89.8 Å². The summed E-state index contributed by atoms with van der Waals surface area (Å²) in [5.74, 6) is 0.829. The molecule has 0 spiro atoms. The smallest absolute Gasteiger partial charge is 0.0698 e. The molecule has 1 N–H and O–H groups in total. The zero-order chi connectivity index (χ0) is 13.6. The molecule has 2 saturated carbocycles. The summed E-state index contributed by atoms with van der Waals surface area (Å²) in [6, 6.07) is 0. The van der Waals surface area contributed by atoms with E-state index in [0.717, 1.165) is 19.0 Å². The van der Waals surface area contributed by atoms with Crippen LogP contribution in [0.3, 0.4) is 0 Å². The summed E-state index contributed by atoms with van der Waals surface area (Å²) >= 11 is 0. The molecule has 2 unspecified atom stereocenters. The standard InChI is InChI=1S/C17H33NO/c1-3-13-18-14-12-17(10-7-11-17)19-16-9-6-5-8-15(16)4-2/h15-16,18H,3-14H2,1-2H3. The first kappa shape index (κ1) is 15.3. The van der Waals surface area contributed by atoms with E-state index in [1.165, 1.54) is 64.2 Å². The molecule has 0 aromatic carbocycles. The van der Waals surface area contributed by atoms with E-state index in [1.807, 2.05) is 0 Å². The van der Waals surface area contributed by atoms with Gasteiger partial charge in [-0.25, -0.2) is 0 Å². The third kappa shape index (κ3) is 4.19. The Labute approximate surface area is 119 Å². The Balaban J connectivity index is 1.79. The molecule has 2 fully saturated rings. The van der Waals surface area contributed by atoms with E-state index < -0.39 is 0 Å². The molecule has 0 aromatic heterocycles. The maximum Gasteiger partial charge on any atom is 0.0698 e. The first-order valence-corrected chi connectivity index (χ1v) is 8.68. The summed E-state index contributed by atoms with van der Waals surface area (Å²) in [5.41, 5.74) is 0.246. The van der Waals surface area contributed by atoms with Crippen molar-refractivity contribution in [1.82, 2.24) is 5.32 Å². The van der Waals surface area contributed by atoms with Crippen molar-refractivity contribution in [1.29, 1.82) is 0 Å². The maximum atomic E-state index is 6.66.